The fourth-order valence-corrected chi connectivity index (χ4v) is 3.30. The molecule has 0 aromatic carbocycles. The zero-order valence-electron chi connectivity index (χ0n) is 13.1. The number of carbonyl (C=O) groups is 3. The Morgan fingerprint density at radius 2 is 2.08 bits per heavy atom. The lowest BCUT2D eigenvalue weighted by molar-refractivity contribution is -0.137. The van der Waals surface area contributed by atoms with Crippen molar-refractivity contribution in [3.05, 3.63) is 33.2 Å². The van der Waals surface area contributed by atoms with Crippen LogP contribution in [0.1, 0.15) is 16.8 Å². The van der Waals surface area contributed by atoms with Gasteiger partial charge in [0.05, 0.1) is 11.5 Å². The van der Waals surface area contributed by atoms with Crippen LogP contribution in [0, 0.1) is 11.8 Å². The van der Waals surface area contributed by atoms with Crippen molar-refractivity contribution in [3.63, 3.8) is 0 Å². The molecule has 2 N–H and O–H groups in total. The molecule has 3 rings (SSSR count). The van der Waals surface area contributed by atoms with E-state index in [2.05, 4.69) is 4.98 Å². The van der Waals surface area contributed by atoms with Gasteiger partial charge in [-0.2, -0.15) is 0 Å². The number of carbonyl (C=O) groups excluding carboxylic acids is 2. The van der Waals surface area contributed by atoms with E-state index in [1.807, 2.05) is 0 Å². The highest BCUT2D eigenvalue weighted by molar-refractivity contribution is 6.30. The van der Waals surface area contributed by atoms with Gasteiger partial charge in [0.25, 0.3) is 17.9 Å². The number of pyridine rings is 1. The van der Waals surface area contributed by atoms with E-state index in [4.69, 9.17) is 21.5 Å². The Morgan fingerprint density at radius 3 is 2.71 bits per heavy atom. The second-order valence-corrected chi connectivity index (χ2v) is 6.20. The molecule has 1 aromatic rings. The first-order chi connectivity index (χ1) is 11.4. The summed E-state index contributed by atoms with van der Waals surface area (Å²) in [6.45, 7) is 1.51. The maximum absolute atomic E-state index is 12.5. The number of piperidine rings is 1. The standard InChI is InChI=1S/C14H16ClN3O3.CH2O2/c1-17-3-2-8-6-18(7-10(8)14(17)21)13(20)9-4-11(15)12(19)16-5-9;2-1-3/h4-5,8,10H,2-3,6-7H2,1H3,(H,16,19);1H,(H,2,3)/t8-,10+;/m1./s1. The van der Waals surface area contributed by atoms with E-state index in [0.717, 1.165) is 13.0 Å². The van der Waals surface area contributed by atoms with Crippen molar-refractivity contribution >= 4 is 29.9 Å². The molecular weight excluding hydrogens is 338 g/mol. The molecule has 2 saturated heterocycles. The molecule has 1 aromatic heterocycles. The lowest BCUT2D eigenvalue weighted by Gasteiger charge is -2.30. The Labute approximate surface area is 143 Å². The predicted octanol–water partition coefficient (Wildman–Crippen LogP) is 0.279. The number of carboxylic acid groups (broad SMARTS) is 1. The largest absolute Gasteiger partial charge is 0.483 e. The lowest BCUT2D eigenvalue weighted by atomic mass is 9.88. The minimum Gasteiger partial charge on any atom is -0.483 e. The van der Waals surface area contributed by atoms with Gasteiger partial charge in [0, 0.05) is 32.9 Å². The molecule has 2 fully saturated rings. The highest BCUT2D eigenvalue weighted by Crippen LogP contribution is 2.32. The number of nitrogens with zero attached hydrogens (tertiary/aromatic N) is 2. The summed E-state index contributed by atoms with van der Waals surface area (Å²) >= 11 is 5.75. The van der Waals surface area contributed by atoms with Crippen molar-refractivity contribution in [3.8, 4) is 0 Å². The number of aromatic amines is 1. The van der Waals surface area contributed by atoms with E-state index in [1.165, 1.54) is 12.3 Å². The van der Waals surface area contributed by atoms with Gasteiger partial charge < -0.3 is 19.9 Å². The quantitative estimate of drug-likeness (QED) is 0.703. The molecule has 8 nitrogen and oxygen atoms in total. The number of nitrogens with one attached hydrogen (secondary N) is 1. The van der Waals surface area contributed by atoms with Gasteiger partial charge in [-0.1, -0.05) is 11.6 Å². The number of likely N-dealkylation sites (tertiary alicyclic amines) is 2. The summed E-state index contributed by atoms with van der Waals surface area (Å²) in [7, 11) is 1.80. The Morgan fingerprint density at radius 1 is 1.42 bits per heavy atom. The molecule has 2 aliphatic rings. The van der Waals surface area contributed by atoms with Crippen molar-refractivity contribution in [1.82, 2.24) is 14.8 Å². The minimum absolute atomic E-state index is 0.00623. The van der Waals surface area contributed by atoms with Gasteiger partial charge >= 0.3 is 0 Å². The second-order valence-electron chi connectivity index (χ2n) is 5.80. The summed E-state index contributed by atoms with van der Waals surface area (Å²) in [5.41, 5.74) is -0.0702. The lowest BCUT2D eigenvalue weighted by Crippen LogP contribution is -2.42. The van der Waals surface area contributed by atoms with Crippen LogP contribution in [0.2, 0.25) is 5.02 Å². The number of amides is 2. The molecule has 2 aliphatic heterocycles. The molecule has 3 heterocycles. The summed E-state index contributed by atoms with van der Waals surface area (Å²) in [6.07, 6.45) is 2.29. The van der Waals surface area contributed by atoms with Crippen molar-refractivity contribution in [1.29, 1.82) is 0 Å². The van der Waals surface area contributed by atoms with Crippen LogP contribution in [0.5, 0.6) is 0 Å². The molecule has 0 saturated carbocycles. The van der Waals surface area contributed by atoms with E-state index in [9.17, 15) is 14.4 Å². The smallest absolute Gasteiger partial charge is 0.290 e. The third-order valence-corrected chi connectivity index (χ3v) is 4.64. The highest BCUT2D eigenvalue weighted by atomic mass is 35.5. The highest BCUT2D eigenvalue weighted by Gasteiger charge is 2.43. The first kappa shape index (κ1) is 18.0. The Kier molecular flexibility index (Phi) is 5.61. The molecule has 0 spiro atoms. The summed E-state index contributed by atoms with van der Waals surface area (Å²) < 4.78 is 0. The van der Waals surface area contributed by atoms with Gasteiger partial charge in [-0.05, 0) is 18.4 Å². The van der Waals surface area contributed by atoms with Crippen LogP contribution < -0.4 is 5.56 Å². The van der Waals surface area contributed by atoms with E-state index >= 15 is 0 Å². The number of H-pyrrole nitrogens is 1. The monoisotopic (exact) mass is 355 g/mol. The zero-order valence-corrected chi connectivity index (χ0v) is 13.8. The van der Waals surface area contributed by atoms with Gasteiger partial charge in [-0.15, -0.1) is 0 Å². The molecule has 0 radical (unpaired) electrons. The maximum Gasteiger partial charge on any atom is 0.290 e. The minimum atomic E-state index is -0.417. The first-order valence-electron chi connectivity index (χ1n) is 7.39. The molecule has 0 unspecified atom stereocenters. The number of fused-ring (bicyclic) bond motifs is 1. The summed E-state index contributed by atoms with van der Waals surface area (Å²) in [4.78, 5) is 50.0. The van der Waals surface area contributed by atoms with Gasteiger partial charge in [0.2, 0.25) is 5.91 Å². The average Bonchev–Trinajstić information content (AvgIpc) is 2.99. The molecule has 0 aliphatic carbocycles. The topological polar surface area (TPSA) is 111 Å². The van der Waals surface area contributed by atoms with Crippen LogP contribution in [0.4, 0.5) is 0 Å². The van der Waals surface area contributed by atoms with Gasteiger partial charge in [-0.3, -0.25) is 19.2 Å². The van der Waals surface area contributed by atoms with E-state index in [-0.39, 0.29) is 35.1 Å². The summed E-state index contributed by atoms with van der Waals surface area (Å²) in [6, 6.07) is 1.37. The summed E-state index contributed by atoms with van der Waals surface area (Å²) in [5, 5.41) is 6.88. The van der Waals surface area contributed by atoms with E-state index < -0.39 is 5.56 Å². The van der Waals surface area contributed by atoms with Gasteiger partial charge in [0.15, 0.2) is 0 Å². The van der Waals surface area contributed by atoms with Crippen molar-refractivity contribution in [2.75, 3.05) is 26.7 Å². The van der Waals surface area contributed by atoms with Crippen molar-refractivity contribution < 1.29 is 19.5 Å². The Balaban J connectivity index is 0.000000647. The first-order valence-corrected chi connectivity index (χ1v) is 7.77. The van der Waals surface area contributed by atoms with Crippen molar-refractivity contribution in [2.45, 2.75) is 6.42 Å². The number of aromatic nitrogens is 1. The molecule has 0 bridgehead atoms. The third kappa shape index (κ3) is 3.59. The SMILES string of the molecule is CN1CC[C@@H]2CN(C(=O)c3c[nH]c(=O)c(Cl)c3)C[C@@H]2C1=O.O=CO. The predicted molar refractivity (Wildman–Crippen MR) is 85.9 cm³/mol. The zero-order chi connectivity index (χ0) is 17.9. The third-order valence-electron chi connectivity index (χ3n) is 4.36. The molecule has 2 atom stereocenters. The Hall–Kier alpha value is -2.35. The molecule has 2 amide bonds. The fraction of sp³-hybridized carbons (Fsp3) is 0.467. The van der Waals surface area contributed by atoms with E-state index in [0.29, 0.717) is 18.7 Å². The molecule has 24 heavy (non-hydrogen) atoms. The van der Waals surface area contributed by atoms with Gasteiger partial charge in [-0.25, -0.2) is 0 Å². The fourth-order valence-electron chi connectivity index (χ4n) is 3.12. The maximum atomic E-state index is 12.5. The van der Waals surface area contributed by atoms with Crippen molar-refractivity contribution in [2.24, 2.45) is 11.8 Å². The van der Waals surface area contributed by atoms with Crippen LogP contribution in [-0.4, -0.2) is 64.9 Å². The number of hydrogen-bond donors (Lipinski definition) is 2. The Bertz CT molecular complexity index is 705. The number of hydrogen-bond acceptors (Lipinski definition) is 4. The molecule has 130 valence electrons. The average molecular weight is 356 g/mol. The van der Waals surface area contributed by atoms with Crippen LogP contribution in [0.3, 0.4) is 0 Å². The van der Waals surface area contributed by atoms with E-state index in [1.54, 1.807) is 16.8 Å². The second kappa shape index (κ2) is 7.48. The van der Waals surface area contributed by atoms with Gasteiger partial charge in [0.1, 0.15) is 5.02 Å². The molecule has 9 heteroatoms. The molecular formula is C15H18ClN3O5. The van der Waals surface area contributed by atoms with Crippen LogP contribution >= 0.6 is 11.6 Å². The van der Waals surface area contributed by atoms with Crippen LogP contribution in [0.25, 0.3) is 0 Å². The number of rotatable bonds is 1. The summed E-state index contributed by atoms with van der Waals surface area (Å²) in [5.74, 6) is 0.0425. The van der Waals surface area contributed by atoms with Crippen LogP contribution in [0.15, 0.2) is 17.1 Å². The van der Waals surface area contributed by atoms with Crippen LogP contribution in [-0.2, 0) is 9.59 Å². The number of halogens is 1. The normalized spacial score (nSPS) is 22.5.